The third kappa shape index (κ3) is 1.88. The second-order valence-electron chi connectivity index (χ2n) is 3.88. The molecule has 0 radical (unpaired) electrons. The zero-order chi connectivity index (χ0) is 9.26. The fourth-order valence-electron chi connectivity index (χ4n) is 1.94. The molecule has 72 valence electrons. The summed E-state index contributed by atoms with van der Waals surface area (Å²) in [6.45, 7) is 1.91. The van der Waals surface area contributed by atoms with E-state index < -0.39 is 0 Å². The molecule has 3 N–H and O–H groups in total. The minimum absolute atomic E-state index is 0.403. The first-order valence-corrected chi connectivity index (χ1v) is 4.90. The zero-order valence-electron chi connectivity index (χ0n) is 7.95. The van der Waals surface area contributed by atoms with Gasteiger partial charge in [0.25, 0.3) is 0 Å². The Morgan fingerprint density at radius 3 is 2.54 bits per heavy atom. The lowest BCUT2D eigenvalue weighted by Gasteiger charge is -2.23. The lowest BCUT2D eigenvalue weighted by molar-refractivity contribution is 0.385. The molecule has 0 saturated heterocycles. The van der Waals surface area contributed by atoms with E-state index in [9.17, 15) is 0 Å². The van der Waals surface area contributed by atoms with Gasteiger partial charge in [0.15, 0.2) is 0 Å². The molecule has 0 spiro atoms. The Hall–Kier alpha value is -0.900. The summed E-state index contributed by atoms with van der Waals surface area (Å²) < 4.78 is 0. The Kier molecular flexibility index (Phi) is 2.31. The second kappa shape index (κ2) is 3.46. The van der Waals surface area contributed by atoms with Gasteiger partial charge in [-0.15, -0.1) is 0 Å². The number of hydrogen-bond donors (Lipinski definition) is 2. The monoisotopic (exact) mass is 180 g/mol. The summed E-state index contributed by atoms with van der Waals surface area (Å²) in [4.78, 5) is 4.35. The van der Waals surface area contributed by atoms with Crippen LogP contribution in [0.5, 0.6) is 0 Å². The van der Waals surface area contributed by atoms with Gasteiger partial charge in [-0.1, -0.05) is 0 Å². The fourth-order valence-corrected chi connectivity index (χ4v) is 1.94. The molecule has 4 nitrogen and oxygen atoms in total. The number of nitrogens with two attached hydrogens (primary N) is 1. The maximum atomic E-state index is 5.83. The van der Waals surface area contributed by atoms with E-state index in [0.29, 0.717) is 12.0 Å². The Balaban J connectivity index is 2.02. The van der Waals surface area contributed by atoms with Gasteiger partial charge in [0.05, 0.1) is 0 Å². The molecule has 1 aromatic rings. The van der Waals surface area contributed by atoms with E-state index in [1.165, 1.54) is 0 Å². The molecule has 2 rings (SSSR count). The Bertz CT molecular complexity index is 273. The van der Waals surface area contributed by atoms with Crippen molar-refractivity contribution in [1.29, 1.82) is 0 Å². The second-order valence-corrected chi connectivity index (χ2v) is 3.88. The molecular weight excluding hydrogens is 164 g/mol. The molecule has 1 aliphatic carbocycles. The van der Waals surface area contributed by atoms with E-state index >= 15 is 0 Å². The van der Waals surface area contributed by atoms with Crippen LogP contribution in [0.25, 0.3) is 0 Å². The number of rotatable bonds is 1. The third-order valence-electron chi connectivity index (χ3n) is 2.77. The molecule has 0 amide bonds. The van der Waals surface area contributed by atoms with Crippen LogP contribution < -0.4 is 5.73 Å². The van der Waals surface area contributed by atoms with Gasteiger partial charge in [0.1, 0.15) is 11.6 Å². The molecule has 0 bridgehead atoms. The summed E-state index contributed by atoms with van der Waals surface area (Å²) in [5, 5.41) is 7.03. The van der Waals surface area contributed by atoms with Crippen LogP contribution in [0, 0.1) is 6.92 Å². The van der Waals surface area contributed by atoms with Crippen molar-refractivity contribution in [2.45, 2.75) is 44.6 Å². The standard InChI is InChI=1S/C9H16N4/c1-6-11-9(13-12-6)7-2-4-8(10)5-3-7/h7-8H,2-5,10H2,1H3,(H,11,12,13)/t7-,8+. The molecule has 0 aromatic carbocycles. The minimum atomic E-state index is 0.403. The van der Waals surface area contributed by atoms with Gasteiger partial charge in [-0.2, -0.15) is 5.10 Å². The Labute approximate surface area is 77.9 Å². The van der Waals surface area contributed by atoms with Crippen LogP contribution in [0.15, 0.2) is 0 Å². The van der Waals surface area contributed by atoms with Crippen molar-refractivity contribution in [2.75, 3.05) is 0 Å². The molecule has 1 aromatic heterocycles. The fraction of sp³-hybridized carbons (Fsp3) is 0.778. The average molecular weight is 180 g/mol. The van der Waals surface area contributed by atoms with Crippen LogP contribution in [0.2, 0.25) is 0 Å². The van der Waals surface area contributed by atoms with Crippen molar-refractivity contribution >= 4 is 0 Å². The Morgan fingerprint density at radius 1 is 1.31 bits per heavy atom. The largest absolute Gasteiger partial charge is 0.328 e. The van der Waals surface area contributed by atoms with E-state index in [2.05, 4.69) is 15.2 Å². The predicted molar refractivity (Wildman–Crippen MR) is 50.3 cm³/mol. The van der Waals surface area contributed by atoms with Gasteiger partial charge in [-0.05, 0) is 32.6 Å². The molecular formula is C9H16N4. The van der Waals surface area contributed by atoms with E-state index in [-0.39, 0.29) is 0 Å². The number of nitrogens with one attached hydrogen (secondary N) is 1. The number of hydrogen-bond acceptors (Lipinski definition) is 3. The summed E-state index contributed by atoms with van der Waals surface area (Å²) in [7, 11) is 0. The quantitative estimate of drug-likeness (QED) is 0.680. The van der Waals surface area contributed by atoms with Crippen LogP contribution in [-0.4, -0.2) is 21.2 Å². The smallest absolute Gasteiger partial charge is 0.147 e. The minimum Gasteiger partial charge on any atom is -0.328 e. The molecule has 0 unspecified atom stereocenters. The zero-order valence-corrected chi connectivity index (χ0v) is 7.95. The summed E-state index contributed by atoms with van der Waals surface area (Å²) in [5.41, 5.74) is 5.83. The van der Waals surface area contributed by atoms with Gasteiger partial charge in [0.2, 0.25) is 0 Å². The van der Waals surface area contributed by atoms with Crippen molar-refractivity contribution in [3.05, 3.63) is 11.6 Å². The van der Waals surface area contributed by atoms with E-state index in [0.717, 1.165) is 37.3 Å². The van der Waals surface area contributed by atoms with Gasteiger partial charge in [-0.25, -0.2) is 4.98 Å². The number of nitrogens with zero attached hydrogens (tertiary/aromatic N) is 2. The normalized spacial score (nSPS) is 29.1. The predicted octanol–water partition coefficient (Wildman–Crippen LogP) is 1.10. The van der Waals surface area contributed by atoms with Crippen molar-refractivity contribution in [2.24, 2.45) is 5.73 Å². The number of aryl methyl sites for hydroxylation is 1. The topological polar surface area (TPSA) is 67.6 Å². The van der Waals surface area contributed by atoms with Gasteiger partial charge in [0, 0.05) is 12.0 Å². The van der Waals surface area contributed by atoms with Crippen molar-refractivity contribution in [1.82, 2.24) is 15.2 Å². The van der Waals surface area contributed by atoms with Crippen LogP contribution >= 0.6 is 0 Å². The maximum absolute atomic E-state index is 5.83. The highest BCUT2D eigenvalue weighted by atomic mass is 15.2. The molecule has 1 aliphatic rings. The molecule has 1 fully saturated rings. The van der Waals surface area contributed by atoms with Crippen molar-refractivity contribution in [3.8, 4) is 0 Å². The first kappa shape index (κ1) is 8.69. The van der Waals surface area contributed by atoms with Crippen molar-refractivity contribution in [3.63, 3.8) is 0 Å². The molecule has 13 heavy (non-hydrogen) atoms. The van der Waals surface area contributed by atoms with Crippen molar-refractivity contribution < 1.29 is 0 Å². The lowest BCUT2D eigenvalue weighted by atomic mass is 9.86. The summed E-state index contributed by atoms with van der Waals surface area (Å²) in [5.74, 6) is 2.44. The van der Waals surface area contributed by atoms with E-state index in [1.807, 2.05) is 6.92 Å². The molecule has 1 heterocycles. The van der Waals surface area contributed by atoms with Gasteiger partial charge in [-0.3, -0.25) is 5.10 Å². The highest BCUT2D eigenvalue weighted by Crippen LogP contribution is 2.29. The first-order chi connectivity index (χ1) is 6.25. The average Bonchev–Trinajstić information content (AvgIpc) is 2.53. The van der Waals surface area contributed by atoms with Crippen LogP contribution in [0.1, 0.15) is 43.3 Å². The van der Waals surface area contributed by atoms with Gasteiger partial charge >= 0.3 is 0 Å². The molecule has 4 heteroatoms. The molecule has 1 saturated carbocycles. The third-order valence-corrected chi connectivity index (χ3v) is 2.77. The molecule has 0 aliphatic heterocycles. The highest BCUT2D eigenvalue weighted by molar-refractivity contribution is 4.99. The van der Waals surface area contributed by atoms with E-state index in [1.54, 1.807) is 0 Å². The molecule has 0 atom stereocenters. The maximum Gasteiger partial charge on any atom is 0.147 e. The van der Waals surface area contributed by atoms with Crippen LogP contribution in [-0.2, 0) is 0 Å². The summed E-state index contributed by atoms with van der Waals surface area (Å²) in [6, 6.07) is 0.403. The number of H-pyrrole nitrogens is 1. The first-order valence-electron chi connectivity index (χ1n) is 4.90. The van der Waals surface area contributed by atoms with E-state index in [4.69, 9.17) is 5.73 Å². The van der Waals surface area contributed by atoms with Crippen LogP contribution in [0.4, 0.5) is 0 Å². The Morgan fingerprint density at radius 2 is 2.00 bits per heavy atom. The summed E-state index contributed by atoms with van der Waals surface area (Å²) >= 11 is 0. The number of aromatic amines is 1. The highest BCUT2D eigenvalue weighted by Gasteiger charge is 2.22. The summed E-state index contributed by atoms with van der Waals surface area (Å²) in [6.07, 6.45) is 4.53. The lowest BCUT2D eigenvalue weighted by Crippen LogP contribution is -2.26. The van der Waals surface area contributed by atoms with Gasteiger partial charge < -0.3 is 5.73 Å². The number of aromatic nitrogens is 3. The van der Waals surface area contributed by atoms with Crippen LogP contribution in [0.3, 0.4) is 0 Å². The SMILES string of the molecule is Cc1n[nH]c([C@H]2CC[C@@H](N)CC2)n1.